The van der Waals surface area contributed by atoms with E-state index in [1.807, 2.05) is 4.57 Å². The molecular formula is C52H26F12N4. The van der Waals surface area contributed by atoms with E-state index in [0.717, 1.165) is 0 Å². The van der Waals surface area contributed by atoms with E-state index in [9.17, 15) is 57.9 Å². The fourth-order valence-corrected chi connectivity index (χ4v) is 8.75. The summed E-state index contributed by atoms with van der Waals surface area (Å²) in [5, 5.41) is 11.9. The van der Waals surface area contributed by atoms with Crippen molar-refractivity contribution in [2.45, 2.75) is 24.7 Å². The van der Waals surface area contributed by atoms with Gasteiger partial charge in [0, 0.05) is 27.1 Å². The molecule has 0 spiro atoms. The molecule has 0 bridgehead atoms. The van der Waals surface area contributed by atoms with Crippen LogP contribution in [0.4, 0.5) is 52.7 Å². The SMILES string of the molecule is N#Cc1ccc(-c2cc(-n3c4ccccc4c4cc(-c5cc(C(F)(F)F)cc(C(F)(F)F)c5)ccc43)ncc2-n2c3ccccc3c3cc(-c4cc(C(F)(F)F)cc(C(F)(F)F)c4)ccc32)cc1. The van der Waals surface area contributed by atoms with Gasteiger partial charge in [-0.2, -0.15) is 57.9 Å². The molecule has 16 heteroatoms. The van der Waals surface area contributed by atoms with E-state index >= 15 is 0 Å². The van der Waals surface area contributed by atoms with Gasteiger partial charge in [0.2, 0.25) is 0 Å². The highest BCUT2D eigenvalue weighted by Gasteiger charge is 2.38. The Bertz CT molecular complexity index is 3630. The van der Waals surface area contributed by atoms with E-state index in [1.165, 1.54) is 24.3 Å². The highest BCUT2D eigenvalue weighted by molar-refractivity contribution is 6.12. The first-order valence-corrected chi connectivity index (χ1v) is 20.3. The third-order valence-electron chi connectivity index (χ3n) is 11.9. The van der Waals surface area contributed by atoms with E-state index in [2.05, 4.69) is 6.07 Å². The van der Waals surface area contributed by atoms with Gasteiger partial charge in [0.05, 0.1) is 67.8 Å². The summed E-state index contributed by atoms with van der Waals surface area (Å²) in [6.45, 7) is 0. The lowest BCUT2D eigenvalue weighted by Crippen LogP contribution is -2.11. The maximum absolute atomic E-state index is 13.9. The van der Waals surface area contributed by atoms with E-state index in [-0.39, 0.29) is 34.4 Å². The number of hydrogen-bond donors (Lipinski definition) is 0. The van der Waals surface area contributed by atoms with Crippen LogP contribution in [0.3, 0.4) is 0 Å². The highest BCUT2D eigenvalue weighted by Crippen LogP contribution is 2.44. The molecule has 0 aliphatic heterocycles. The average molecular weight is 935 g/mol. The summed E-state index contributed by atoms with van der Waals surface area (Å²) in [5.74, 6) is 0.346. The third-order valence-corrected chi connectivity index (χ3v) is 11.9. The molecule has 0 aliphatic carbocycles. The molecule has 10 rings (SSSR count). The quantitative estimate of drug-likeness (QED) is 0.161. The van der Waals surface area contributed by atoms with Gasteiger partial charge < -0.3 is 4.57 Å². The van der Waals surface area contributed by atoms with E-state index < -0.39 is 47.0 Å². The van der Waals surface area contributed by atoms with Crippen LogP contribution in [-0.4, -0.2) is 14.1 Å². The van der Waals surface area contributed by atoms with Crippen LogP contribution in [0.2, 0.25) is 0 Å². The molecule has 3 heterocycles. The Kier molecular flexibility index (Phi) is 9.99. The largest absolute Gasteiger partial charge is 0.416 e. The van der Waals surface area contributed by atoms with E-state index in [4.69, 9.17) is 4.98 Å². The molecule has 10 aromatic rings. The molecule has 0 aliphatic rings. The van der Waals surface area contributed by atoms with Crippen LogP contribution in [0, 0.1) is 11.3 Å². The molecule has 4 nitrogen and oxygen atoms in total. The second-order valence-corrected chi connectivity index (χ2v) is 16.0. The van der Waals surface area contributed by atoms with Gasteiger partial charge in [0.1, 0.15) is 5.82 Å². The normalized spacial score (nSPS) is 12.7. The number of fused-ring (bicyclic) bond motifs is 6. The number of alkyl halides is 12. The minimum atomic E-state index is -5.06. The Morgan fingerprint density at radius 1 is 0.382 bits per heavy atom. The van der Waals surface area contributed by atoms with Gasteiger partial charge >= 0.3 is 24.7 Å². The van der Waals surface area contributed by atoms with Crippen LogP contribution in [-0.2, 0) is 24.7 Å². The zero-order valence-corrected chi connectivity index (χ0v) is 34.3. The molecule has 0 unspecified atom stereocenters. The Labute approximate surface area is 376 Å². The standard InChI is InChI=1S/C52H26F12N4/c53-49(54,55)34-17-32(18-35(23-34)50(56,57)58)30-13-15-45-41(21-30)38-5-1-3-7-43(38)67(45)47-27-66-48(25-40(47)29-11-9-28(26-65)10-12-29)68-44-8-4-2-6-39(44)42-22-31(14-16-46(42)68)33-19-36(51(59,60)61)24-37(20-33)52(62,63)64/h1-25,27H. The monoisotopic (exact) mass is 934 g/mol. The van der Waals surface area contributed by atoms with Crippen molar-refractivity contribution in [1.82, 2.24) is 14.1 Å². The number of nitriles is 1. The third kappa shape index (κ3) is 7.63. The minimum absolute atomic E-state index is 0.0715. The van der Waals surface area contributed by atoms with Gasteiger partial charge in [-0.25, -0.2) is 4.98 Å². The van der Waals surface area contributed by atoms with E-state index in [0.29, 0.717) is 96.1 Å². The van der Waals surface area contributed by atoms with Crippen molar-refractivity contribution in [1.29, 1.82) is 5.26 Å². The number of rotatable bonds is 5. The number of benzene rings is 7. The second-order valence-electron chi connectivity index (χ2n) is 16.0. The first-order valence-electron chi connectivity index (χ1n) is 20.3. The summed E-state index contributed by atoms with van der Waals surface area (Å²) < 4.78 is 170. The average Bonchev–Trinajstić information content (AvgIpc) is 3.82. The molecule has 0 saturated carbocycles. The molecular weight excluding hydrogens is 909 g/mol. The smallest absolute Gasteiger partial charge is 0.307 e. The summed E-state index contributed by atoms with van der Waals surface area (Å²) in [6.07, 6.45) is -18.6. The first-order chi connectivity index (χ1) is 32.2. The number of nitrogens with zero attached hydrogens (tertiary/aromatic N) is 4. The molecule has 0 radical (unpaired) electrons. The number of halogens is 12. The van der Waals surface area contributed by atoms with Crippen LogP contribution in [0.1, 0.15) is 27.8 Å². The number of pyridine rings is 1. The van der Waals surface area contributed by atoms with Gasteiger partial charge in [-0.3, -0.25) is 4.57 Å². The lowest BCUT2D eigenvalue weighted by atomic mass is 9.97. The molecule has 0 saturated heterocycles. The Hall–Kier alpha value is -8.06. The Morgan fingerprint density at radius 3 is 1.22 bits per heavy atom. The maximum Gasteiger partial charge on any atom is 0.416 e. The summed E-state index contributed by atoms with van der Waals surface area (Å²) in [6, 6.07) is 36.6. The van der Waals surface area contributed by atoms with Crippen LogP contribution in [0.15, 0.2) is 158 Å². The molecule has 0 fully saturated rings. The lowest BCUT2D eigenvalue weighted by Gasteiger charge is -2.17. The van der Waals surface area contributed by atoms with Gasteiger partial charge in [-0.1, -0.05) is 60.7 Å². The summed E-state index contributed by atoms with van der Waals surface area (Å²) in [4.78, 5) is 4.93. The van der Waals surface area contributed by atoms with Gasteiger partial charge in [0.15, 0.2) is 0 Å². The van der Waals surface area contributed by atoms with Crippen molar-refractivity contribution in [2.24, 2.45) is 0 Å². The number of aromatic nitrogens is 3. The Balaban J connectivity index is 1.18. The zero-order chi connectivity index (χ0) is 48.1. The molecule has 0 atom stereocenters. The Morgan fingerprint density at radius 2 is 0.779 bits per heavy atom. The summed E-state index contributed by atoms with van der Waals surface area (Å²) in [7, 11) is 0. The van der Waals surface area contributed by atoms with Crippen molar-refractivity contribution in [3.05, 3.63) is 186 Å². The van der Waals surface area contributed by atoms with Crippen LogP contribution in [0.25, 0.3) is 88.5 Å². The van der Waals surface area contributed by atoms with E-state index in [1.54, 1.807) is 102 Å². The summed E-state index contributed by atoms with van der Waals surface area (Å²) >= 11 is 0. The van der Waals surface area contributed by atoms with Crippen molar-refractivity contribution in [2.75, 3.05) is 0 Å². The van der Waals surface area contributed by atoms with Gasteiger partial charge in [-0.05, 0) is 119 Å². The van der Waals surface area contributed by atoms with Crippen molar-refractivity contribution < 1.29 is 52.7 Å². The topological polar surface area (TPSA) is 46.5 Å². The number of hydrogen-bond acceptors (Lipinski definition) is 2. The molecule has 338 valence electrons. The van der Waals surface area contributed by atoms with Crippen molar-refractivity contribution in [3.8, 4) is 51.0 Å². The minimum Gasteiger partial charge on any atom is -0.307 e. The van der Waals surface area contributed by atoms with Crippen LogP contribution >= 0.6 is 0 Å². The molecule has 68 heavy (non-hydrogen) atoms. The summed E-state index contributed by atoms with van der Waals surface area (Å²) in [5.41, 5.74) is -1.96. The predicted octanol–water partition coefficient (Wildman–Crippen LogP) is 16.2. The van der Waals surface area contributed by atoms with Crippen LogP contribution in [0.5, 0.6) is 0 Å². The molecule has 0 N–H and O–H groups in total. The number of para-hydroxylation sites is 2. The fourth-order valence-electron chi connectivity index (χ4n) is 8.75. The van der Waals surface area contributed by atoms with Crippen molar-refractivity contribution >= 4 is 43.6 Å². The molecule has 3 aromatic heterocycles. The van der Waals surface area contributed by atoms with Crippen molar-refractivity contribution in [3.63, 3.8) is 0 Å². The van der Waals surface area contributed by atoms with Gasteiger partial charge in [-0.15, -0.1) is 0 Å². The van der Waals surface area contributed by atoms with Gasteiger partial charge in [0.25, 0.3) is 0 Å². The van der Waals surface area contributed by atoms with Crippen LogP contribution < -0.4 is 0 Å². The predicted molar refractivity (Wildman–Crippen MR) is 234 cm³/mol. The maximum atomic E-state index is 13.9. The highest BCUT2D eigenvalue weighted by atomic mass is 19.4. The molecule has 0 amide bonds. The second kappa shape index (κ2) is 15.5. The zero-order valence-electron chi connectivity index (χ0n) is 34.3. The first kappa shape index (κ1) is 43.8. The lowest BCUT2D eigenvalue weighted by molar-refractivity contribution is -0.144. The fraction of sp³-hybridized carbons (Fsp3) is 0.0769. The molecule has 7 aromatic carbocycles.